The Bertz CT molecular complexity index is 598. The molecule has 0 spiro atoms. The van der Waals surface area contributed by atoms with Crippen LogP contribution >= 0.6 is 11.6 Å². The number of likely N-dealkylation sites (N-methyl/N-ethyl adjacent to an activating group) is 1. The van der Waals surface area contributed by atoms with E-state index >= 15 is 0 Å². The Labute approximate surface area is 136 Å². The average Bonchev–Trinajstić information content (AvgIpc) is 2.46. The fourth-order valence-corrected chi connectivity index (χ4v) is 2.05. The van der Waals surface area contributed by atoms with Gasteiger partial charge in [0.05, 0.1) is 0 Å². The zero-order chi connectivity index (χ0) is 15.9. The van der Waals surface area contributed by atoms with Crippen molar-refractivity contribution in [2.75, 3.05) is 37.8 Å². The SMILES string of the molecule is Cc1cc(NCc2ccc(Cl)cc2)nc(NCCN(C)C)n1. The van der Waals surface area contributed by atoms with Crippen molar-refractivity contribution in [3.63, 3.8) is 0 Å². The van der Waals surface area contributed by atoms with E-state index in [-0.39, 0.29) is 0 Å². The van der Waals surface area contributed by atoms with E-state index in [1.54, 1.807) is 0 Å². The van der Waals surface area contributed by atoms with Crippen molar-refractivity contribution in [3.8, 4) is 0 Å². The van der Waals surface area contributed by atoms with Crippen LogP contribution in [0.15, 0.2) is 30.3 Å². The second kappa shape index (κ2) is 7.96. The van der Waals surface area contributed by atoms with Gasteiger partial charge >= 0.3 is 0 Å². The Morgan fingerprint density at radius 2 is 1.82 bits per heavy atom. The molecule has 0 aliphatic rings. The zero-order valence-corrected chi connectivity index (χ0v) is 14.0. The zero-order valence-electron chi connectivity index (χ0n) is 13.2. The molecule has 2 N–H and O–H groups in total. The van der Waals surface area contributed by atoms with Crippen LogP contribution in [0.4, 0.5) is 11.8 Å². The van der Waals surface area contributed by atoms with Crippen LogP contribution in [0.1, 0.15) is 11.3 Å². The summed E-state index contributed by atoms with van der Waals surface area (Å²) in [5.74, 6) is 1.47. The predicted molar refractivity (Wildman–Crippen MR) is 92.6 cm³/mol. The Morgan fingerprint density at radius 3 is 2.50 bits per heavy atom. The first kappa shape index (κ1) is 16.5. The lowest BCUT2D eigenvalue weighted by Crippen LogP contribution is -2.21. The van der Waals surface area contributed by atoms with E-state index in [4.69, 9.17) is 11.6 Å². The third-order valence-corrected chi connectivity index (χ3v) is 3.34. The van der Waals surface area contributed by atoms with Gasteiger partial charge in [-0.2, -0.15) is 4.98 Å². The molecular weight excluding hydrogens is 298 g/mol. The summed E-state index contributed by atoms with van der Waals surface area (Å²) >= 11 is 5.89. The standard InChI is InChI=1S/C16H22ClN5/c1-12-10-15(19-11-13-4-6-14(17)7-5-13)21-16(20-12)18-8-9-22(2)3/h4-7,10H,8-9,11H2,1-3H3,(H2,18,19,20,21). The summed E-state index contributed by atoms with van der Waals surface area (Å²) in [4.78, 5) is 11.0. The summed E-state index contributed by atoms with van der Waals surface area (Å²) in [5, 5.41) is 7.30. The van der Waals surface area contributed by atoms with Crippen molar-refractivity contribution < 1.29 is 0 Å². The number of hydrogen-bond donors (Lipinski definition) is 2. The van der Waals surface area contributed by atoms with Gasteiger partial charge in [0.15, 0.2) is 0 Å². The number of halogens is 1. The van der Waals surface area contributed by atoms with Crippen LogP contribution in [0.25, 0.3) is 0 Å². The first-order valence-electron chi connectivity index (χ1n) is 7.25. The number of nitrogens with one attached hydrogen (secondary N) is 2. The quantitative estimate of drug-likeness (QED) is 0.821. The minimum Gasteiger partial charge on any atom is -0.366 e. The first-order valence-corrected chi connectivity index (χ1v) is 7.63. The summed E-state index contributed by atoms with van der Waals surface area (Å²) in [6.45, 7) is 4.41. The molecule has 6 heteroatoms. The summed E-state index contributed by atoms with van der Waals surface area (Å²) < 4.78 is 0. The summed E-state index contributed by atoms with van der Waals surface area (Å²) in [5.41, 5.74) is 2.09. The topological polar surface area (TPSA) is 53.1 Å². The molecule has 0 radical (unpaired) electrons. The first-order chi connectivity index (χ1) is 10.5. The van der Waals surface area contributed by atoms with Gasteiger partial charge in [-0.1, -0.05) is 23.7 Å². The highest BCUT2D eigenvalue weighted by atomic mass is 35.5. The van der Waals surface area contributed by atoms with Crippen LogP contribution in [0.2, 0.25) is 5.02 Å². The van der Waals surface area contributed by atoms with Crippen LogP contribution in [-0.2, 0) is 6.54 Å². The Morgan fingerprint density at radius 1 is 1.09 bits per heavy atom. The van der Waals surface area contributed by atoms with E-state index in [0.717, 1.165) is 35.2 Å². The van der Waals surface area contributed by atoms with E-state index in [2.05, 4.69) is 25.5 Å². The third-order valence-electron chi connectivity index (χ3n) is 3.08. The lowest BCUT2D eigenvalue weighted by Gasteiger charge is -2.12. The van der Waals surface area contributed by atoms with Gasteiger partial charge in [-0.25, -0.2) is 4.98 Å². The molecule has 22 heavy (non-hydrogen) atoms. The van der Waals surface area contributed by atoms with E-state index in [1.807, 2.05) is 51.4 Å². The van der Waals surface area contributed by atoms with Crippen LogP contribution in [-0.4, -0.2) is 42.1 Å². The molecule has 118 valence electrons. The molecule has 0 saturated heterocycles. The normalized spacial score (nSPS) is 10.8. The smallest absolute Gasteiger partial charge is 0.224 e. The average molecular weight is 320 g/mol. The van der Waals surface area contributed by atoms with Crippen LogP contribution < -0.4 is 10.6 Å². The number of nitrogens with zero attached hydrogens (tertiary/aromatic N) is 3. The second-order valence-corrected chi connectivity index (χ2v) is 5.86. The van der Waals surface area contributed by atoms with Crippen molar-refractivity contribution >= 4 is 23.4 Å². The Balaban J connectivity index is 1.95. The van der Waals surface area contributed by atoms with Crippen LogP contribution in [0.3, 0.4) is 0 Å². The highest BCUT2D eigenvalue weighted by Gasteiger charge is 2.02. The number of hydrogen-bond acceptors (Lipinski definition) is 5. The van der Waals surface area contributed by atoms with E-state index in [9.17, 15) is 0 Å². The van der Waals surface area contributed by atoms with Gasteiger partial charge in [0, 0.05) is 36.4 Å². The van der Waals surface area contributed by atoms with Crippen molar-refractivity contribution in [1.29, 1.82) is 0 Å². The highest BCUT2D eigenvalue weighted by molar-refractivity contribution is 6.30. The molecular formula is C16H22ClN5. The maximum absolute atomic E-state index is 5.89. The van der Waals surface area contributed by atoms with Gasteiger partial charge < -0.3 is 15.5 Å². The highest BCUT2D eigenvalue weighted by Crippen LogP contribution is 2.13. The molecule has 2 aromatic rings. The fraction of sp³-hybridized carbons (Fsp3) is 0.375. The molecule has 1 heterocycles. The Hall–Kier alpha value is -1.85. The molecule has 0 aliphatic carbocycles. The van der Waals surface area contributed by atoms with Crippen molar-refractivity contribution in [2.24, 2.45) is 0 Å². The van der Waals surface area contributed by atoms with Gasteiger partial charge in [0.25, 0.3) is 0 Å². The molecule has 1 aromatic carbocycles. The molecule has 0 unspecified atom stereocenters. The van der Waals surface area contributed by atoms with Gasteiger partial charge in [-0.05, 0) is 38.7 Å². The summed E-state index contributed by atoms with van der Waals surface area (Å²) in [6.07, 6.45) is 0. The molecule has 0 fully saturated rings. The van der Waals surface area contributed by atoms with E-state index < -0.39 is 0 Å². The lowest BCUT2D eigenvalue weighted by molar-refractivity contribution is 0.425. The maximum atomic E-state index is 5.89. The van der Waals surface area contributed by atoms with Crippen LogP contribution in [0, 0.1) is 6.92 Å². The number of rotatable bonds is 7. The van der Waals surface area contributed by atoms with Crippen molar-refractivity contribution in [1.82, 2.24) is 14.9 Å². The van der Waals surface area contributed by atoms with Gasteiger partial charge in [0.1, 0.15) is 5.82 Å². The summed E-state index contributed by atoms with van der Waals surface area (Å²) in [7, 11) is 4.08. The molecule has 5 nitrogen and oxygen atoms in total. The van der Waals surface area contributed by atoms with E-state index in [1.165, 1.54) is 0 Å². The molecule has 0 saturated carbocycles. The molecule has 0 atom stereocenters. The summed E-state index contributed by atoms with van der Waals surface area (Å²) in [6, 6.07) is 9.71. The molecule has 0 amide bonds. The molecule has 2 rings (SSSR count). The van der Waals surface area contributed by atoms with E-state index in [0.29, 0.717) is 12.5 Å². The predicted octanol–water partition coefficient (Wildman–Crippen LogP) is 3.02. The minimum absolute atomic E-state index is 0.653. The fourth-order valence-electron chi connectivity index (χ4n) is 1.92. The largest absolute Gasteiger partial charge is 0.366 e. The number of anilines is 2. The number of aryl methyl sites for hydroxylation is 1. The molecule has 0 aliphatic heterocycles. The monoisotopic (exact) mass is 319 g/mol. The number of aromatic nitrogens is 2. The van der Waals surface area contributed by atoms with Gasteiger partial charge in [0.2, 0.25) is 5.95 Å². The minimum atomic E-state index is 0.653. The van der Waals surface area contributed by atoms with Gasteiger partial charge in [-0.3, -0.25) is 0 Å². The van der Waals surface area contributed by atoms with Gasteiger partial charge in [-0.15, -0.1) is 0 Å². The molecule has 1 aromatic heterocycles. The lowest BCUT2D eigenvalue weighted by atomic mass is 10.2. The molecule has 0 bridgehead atoms. The third kappa shape index (κ3) is 5.50. The second-order valence-electron chi connectivity index (χ2n) is 5.43. The number of benzene rings is 1. The maximum Gasteiger partial charge on any atom is 0.224 e. The Kier molecular flexibility index (Phi) is 5.98. The van der Waals surface area contributed by atoms with Crippen LogP contribution in [0.5, 0.6) is 0 Å². The van der Waals surface area contributed by atoms with Crippen molar-refractivity contribution in [3.05, 3.63) is 46.6 Å². The van der Waals surface area contributed by atoms with Crippen molar-refractivity contribution in [2.45, 2.75) is 13.5 Å².